The second kappa shape index (κ2) is 7.36. The van der Waals surface area contributed by atoms with E-state index in [9.17, 15) is 9.18 Å². The fraction of sp³-hybridized carbons (Fsp3) is 0.211. The topological polar surface area (TPSA) is 80.1 Å². The summed E-state index contributed by atoms with van der Waals surface area (Å²) in [6, 6.07) is 10.6. The summed E-state index contributed by atoms with van der Waals surface area (Å²) in [5.74, 6) is 0.976. The zero-order valence-electron chi connectivity index (χ0n) is 14.2. The van der Waals surface area contributed by atoms with Gasteiger partial charge in [0.15, 0.2) is 0 Å². The lowest BCUT2D eigenvalue weighted by atomic mass is 9.85. The highest BCUT2D eigenvalue weighted by molar-refractivity contribution is 6.31. The van der Waals surface area contributed by atoms with Gasteiger partial charge in [0.2, 0.25) is 11.7 Å². The highest BCUT2D eigenvalue weighted by Crippen LogP contribution is 2.36. The first-order chi connectivity index (χ1) is 13.1. The Balaban J connectivity index is 1.44. The number of nitrogens with one attached hydrogen (secondary N) is 2. The molecule has 8 heteroatoms. The summed E-state index contributed by atoms with van der Waals surface area (Å²) in [5, 5.41) is 9.28. The van der Waals surface area contributed by atoms with E-state index in [0.29, 0.717) is 29.0 Å². The third-order valence-corrected chi connectivity index (χ3v) is 4.74. The first kappa shape index (κ1) is 17.5. The van der Waals surface area contributed by atoms with Crippen molar-refractivity contribution in [2.24, 2.45) is 0 Å². The predicted molar refractivity (Wildman–Crippen MR) is 100 cm³/mol. The van der Waals surface area contributed by atoms with Crippen LogP contribution in [0.4, 0.5) is 20.6 Å². The molecule has 2 amide bonds. The van der Waals surface area contributed by atoms with Gasteiger partial charge >= 0.3 is 6.03 Å². The Morgan fingerprint density at radius 2 is 1.93 bits per heavy atom. The van der Waals surface area contributed by atoms with Crippen LogP contribution in [0, 0.1) is 5.82 Å². The van der Waals surface area contributed by atoms with Gasteiger partial charge in [-0.3, -0.25) is 0 Å². The van der Waals surface area contributed by atoms with E-state index in [4.69, 9.17) is 16.1 Å². The molecule has 0 bridgehead atoms. The predicted octanol–water partition coefficient (Wildman–Crippen LogP) is 5.44. The molecule has 1 fully saturated rings. The van der Waals surface area contributed by atoms with Crippen LogP contribution in [0.2, 0.25) is 5.02 Å². The van der Waals surface area contributed by atoms with Crippen LogP contribution in [-0.2, 0) is 0 Å². The van der Waals surface area contributed by atoms with Crippen molar-refractivity contribution in [3.05, 3.63) is 59.2 Å². The van der Waals surface area contributed by atoms with Gasteiger partial charge in [-0.05, 0) is 43.2 Å². The van der Waals surface area contributed by atoms with E-state index in [1.165, 1.54) is 24.6 Å². The molecule has 2 aromatic carbocycles. The summed E-state index contributed by atoms with van der Waals surface area (Å²) >= 11 is 5.72. The lowest BCUT2D eigenvalue weighted by molar-refractivity contribution is 0.262. The molecule has 1 aliphatic rings. The highest BCUT2D eigenvalue weighted by Gasteiger charge is 2.25. The largest absolute Gasteiger partial charge is 0.339 e. The van der Waals surface area contributed by atoms with E-state index in [-0.39, 0.29) is 5.02 Å². The normalized spacial score (nSPS) is 13.9. The Bertz CT molecular complexity index is 987. The van der Waals surface area contributed by atoms with Crippen LogP contribution in [0.1, 0.15) is 31.1 Å². The smallest absolute Gasteiger partial charge is 0.323 e. The van der Waals surface area contributed by atoms with E-state index in [1.54, 1.807) is 18.2 Å². The summed E-state index contributed by atoms with van der Waals surface area (Å²) in [6.07, 6.45) is 3.35. The maximum Gasteiger partial charge on any atom is 0.323 e. The molecule has 0 aliphatic heterocycles. The molecule has 1 aliphatic carbocycles. The summed E-state index contributed by atoms with van der Waals surface area (Å²) < 4.78 is 18.5. The van der Waals surface area contributed by atoms with Gasteiger partial charge < -0.3 is 15.2 Å². The average molecular weight is 387 g/mol. The number of carbonyl (C=O) groups excluding carboxylic acids is 1. The Morgan fingerprint density at radius 1 is 1.15 bits per heavy atom. The van der Waals surface area contributed by atoms with Crippen molar-refractivity contribution in [3.8, 4) is 11.4 Å². The Hall–Kier alpha value is -2.93. The van der Waals surface area contributed by atoms with Crippen LogP contribution in [0.25, 0.3) is 11.4 Å². The maximum absolute atomic E-state index is 13.2. The number of hydrogen-bond donors (Lipinski definition) is 2. The van der Waals surface area contributed by atoms with Gasteiger partial charge in [0.05, 0.1) is 5.02 Å². The van der Waals surface area contributed by atoms with Crippen LogP contribution in [0.15, 0.2) is 47.0 Å². The van der Waals surface area contributed by atoms with Gasteiger partial charge in [0.25, 0.3) is 0 Å². The van der Waals surface area contributed by atoms with E-state index >= 15 is 0 Å². The number of aromatic nitrogens is 2. The standard InChI is InChI=1S/C19H16ClFN4O2/c20-15-10-14(7-8-16(15)21)23-19(26)22-13-6-2-5-12(9-13)17-24-18(27-25-17)11-3-1-4-11/h2,5-11H,1,3-4H2,(H2,22,23,26). The molecule has 0 spiro atoms. The van der Waals surface area contributed by atoms with Gasteiger partial charge in [-0.25, -0.2) is 9.18 Å². The van der Waals surface area contributed by atoms with E-state index in [2.05, 4.69) is 20.8 Å². The molecule has 0 radical (unpaired) electrons. The van der Waals surface area contributed by atoms with Crippen molar-refractivity contribution in [3.63, 3.8) is 0 Å². The van der Waals surface area contributed by atoms with Crippen LogP contribution in [-0.4, -0.2) is 16.2 Å². The molecule has 0 atom stereocenters. The third-order valence-electron chi connectivity index (χ3n) is 4.45. The molecule has 3 aromatic rings. The molecule has 1 saturated carbocycles. The van der Waals surface area contributed by atoms with Crippen molar-refractivity contribution >= 4 is 29.0 Å². The monoisotopic (exact) mass is 386 g/mol. The molecule has 1 heterocycles. The SMILES string of the molecule is O=C(Nc1cccc(-c2noc(C3CCC3)n2)c1)Nc1ccc(F)c(Cl)c1. The van der Waals surface area contributed by atoms with Gasteiger partial charge in [-0.15, -0.1) is 0 Å². The average Bonchev–Trinajstić information content (AvgIpc) is 3.06. The number of urea groups is 1. The van der Waals surface area contributed by atoms with E-state index < -0.39 is 11.8 Å². The van der Waals surface area contributed by atoms with Crippen LogP contribution < -0.4 is 10.6 Å². The minimum absolute atomic E-state index is 0.0610. The zero-order valence-corrected chi connectivity index (χ0v) is 15.0. The maximum atomic E-state index is 13.2. The fourth-order valence-corrected chi connectivity index (χ4v) is 2.96. The second-order valence-corrected chi connectivity index (χ2v) is 6.78. The van der Waals surface area contributed by atoms with E-state index in [0.717, 1.165) is 18.4 Å². The van der Waals surface area contributed by atoms with Crippen molar-refractivity contribution < 1.29 is 13.7 Å². The molecular formula is C19H16ClFN4O2. The first-order valence-electron chi connectivity index (χ1n) is 8.55. The summed E-state index contributed by atoms with van der Waals surface area (Å²) in [4.78, 5) is 16.6. The third kappa shape index (κ3) is 3.93. The number of hydrogen-bond acceptors (Lipinski definition) is 4. The molecule has 1 aromatic heterocycles. The summed E-state index contributed by atoms with van der Waals surface area (Å²) in [5.41, 5.74) is 1.69. The second-order valence-electron chi connectivity index (χ2n) is 6.37. The van der Waals surface area contributed by atoms with Gasteiger partial charge in [0, 0.05) is 22.9 Å². The molecule has 4 rings (SSSR count). The van der Waals surface area contributed by atoms with Crippen LogP contribution in [0.5, 0.6) is 0 Å². The van der Waals surface area contributed by atoms with Gasteiger partial charge in [-0.2, -0.15) is 4.98 Å². The molecular weight excluding hydrogens is 371 g/mol. The van der Waals surface area contributed by atoms with Gasteiger partial charge in [0.1, 0.15) is 5.82 Å². The molecule has 138 valence electrons. The molecule has 0 saturated heterocycles. The number of anilines is 2. The Labute approximate surface area is 159 Å². The summed E-state index contributed by atoms with van der Waals surface area (Å²) in [7, 11) is 0. The van der Waals surface area contributed by atoms with E-state index in [1.807, 2.05) is 6.07 Å². The minimum atomic E-state index is -0.545. The lowest BCUT2D eigenvalue weighted by Gasteiger charge is -2.20. The number of benzene rings is 2. The number of rotatable bonds is 4. The molecule has 27 heavy (non-hydrogen) atoms. The Morgan fingerprint density at radius 3 is 2.63 bits per heavy atom. The zero-order chi connectivity index (χ0) is 18.8. The van der Waals surface area contributed by atoms with Crippen molar-refractivity contribution in [1.29, 1.82) is 0 Å². The Kier molecular flexibility index (Phi) is 4.77. The number of carbonyl (C=O) groups is 1. The van der Waals surface area contributed by atoms with Gasteiger partial charge in [-0.1, -0.05) is 35.3 Å². The minimum Gasteiger partial charge on any atom is -0.339 e. The van der Waals surface area contributed by atoms with Crippen molar-refractivity contribution in [1.82, 2.24) is 10.1 Å². The fourth-order valence-electron chi connectivity index (χ4n) is 2.78. The van der Waals surface area contributed by atoms with Crippen LogP contribution in [0.3, 0.4) is 0 Å². The quantitative estimate of drug-likeness (QED) is 0.625. The molecule has 6 nitrogen and oxygen atoms in total. The molecule has 0 unspecified atom stereocenters. The highest BCUT2D eigenvalue weighted by atomic mass is 35.5. The van der Waals surface area contributed by atoms with Crippen molar-refractivity contribution in [2.75, 3.05) is 10.6 Å². The first-order valence-corrected chi connectivity index (χ1v) is 8.93. The lowest BCUT2D eigenvalue weighted by Crippen LogP contribution is -2.19. The summed E-state index contributed by atoms with van der Waals surface area (Å²) in [6.45, 7) is 0. The molecule has 2 N–H and O–H groups in total. The number of amides is 2. The number of nitrogens with zero attached hydrogens (tertiary/aromatic N) is 2. The van der Waals surface area contributed by atoms with Crippen LogP contribution >= 0.6 is 11.6 Å². The van der Waals surface area contributed by atoms with Crippen molar-refractivity contribution in [2.45, 2.75) is 25.2 Å². The number of halogens is 2.